The van der Waals surface area contributed by atoms with Crippen molar-refractivity contribution in [3.05, 3.63) is 63.9 Å². The van der Waals surface area contributed by atoms with Crippen LogP contribution >= 0.6 is 23.2 Å². The lowest BCUT2D eigenvalue weighted by atomic mass is 10.0. The molecule has 4 heteroatoms. The Balaban J connectivity index is 1.93. The molecule has 1 heterocycles. The number of benzene rings is 1. The Hall–Kier alpha value is -1.09. The first-order valence-electron chi connectivity index (χ1n) is 6.78. The highest BCUT2D eigenvalue weighted by molar-refractivity contribution is 6.42. The average Bonchev–Trinajstić information content (AvgIpc) is 2.48. The molecule has 20 heavy (non-hydrogen) atoms. The summed E-state index contributed by atoms with van der Waals surface area (Å²) >= 11 is 12.0. The lowest BCUT2D eigenvalue weighted by Crippen LogP contribution is -2.23. The van der Waals surface area contributed by atoms with E-state index in [1.54, 1.807) is 6.20 Å². The third-order valence-electron chi connectivity index (χ3n) is 3.28. The fraction of sp³-hybridized carbons (Fsp3) is 0.312. The molecule has 1 aromatic heterocycles. The van der Waals surface area contributed by atoms with Gasteiger partial charge in [-0.25, -0.2) is 0 Å². The summed E-state index contributed by atoms with van der Waals surface area (Å²) in [5.41, 5.74) is 2.41. The van der Waals surface area contributed by atoms with Gasteiger partial charge in [-0.1, -0.05) is 42.3 Å². The Kier molecular flexibility index (Phi) is 5.84. The molecule has 0 bridgehead atoms. The summed E-state index contributed by atoms with van der Waals surface area (Å²) in [6.45, 7) is 3.06. The molecule has 0 aliphatic carbocycles. The molecule has 2 aromatic rings. The molecule has 0 spiro atoms. The summed E-state index contributed by atoms with van der Waals surface area (Å²) in [4.78, 5) is 4.12. The maximum absolute atomic E-state index is 6.08. The van der Waals surface area contributed by atoms with Gasteiger partial charge in [-0.2, -0.15) is 0 Å². The minimum atomic E-state index is 0.293. The number of hydrogen-bond acceptors (Lipinski definition) is 2. The second-order valence-electron chi connectivity index (χ2n) is 4.70. The number of hydrogen-bond donors (Lipinski definition) is 1. The second kappa shape index (κ2) is 7.63. The van der Waals surface area contributed by atoms with Gasteiger partial charge < -0.3 is 5.32 Å². The van der Waals surface area contributed by atoms with E-state index in [-0.39, 0.29) is 0 Å². The van der Waals surface area contributed by atoms with Gasteiger partial charge >= 0.3 is 0 Å². The van der Waals surface area contributed by atoms with Crippen LogP contribution in [-0.4, -0.2) is 11.5 Å². The number of nitrogens with zero attached hydrogens (tertiary/aromatic N) is 1. The van der Waals surface area contributed by atoms with Crippen LogP contribution in [0.15, 0.2) is 42.7 Å². The molecular weight excluding hydrogens is 291 g/mol. The van der Waals surface area contributed by atoms with Crippen LogP contribution in [0.25, 0.3) is 0 Å². The van der Waals surface area contributed by atoms with Gasteiger partial charge in [0.05, 0.1) is 10.0 Å². The van der Waals surface area contributed by atoms with Gasteiger partial charge in [0.15, 0.2) is 0 Å². The first-order chi connectivity index (χ1) is 9.70. The van der Waals surface area contributed by atoms with Gasteiger partial charge in [0, 0.05) is 18.4 Å². The third kappa shape index (κ3) is 4.20. The number of halogens is 2. The highest BCUT2D eigenvalue weighted by atomic mass is 35.5. The minimum absolute atomic E-state index is 0.293. The van der Waals surface area contributed by atoms with E-state index < -0.39 is 0 Å². The molecule has 0 radical (unpaired) electrons. The van der Waals surface area contributed by atoms with Gasteiger partial charge in [0.2, 0.25) is 0 Å². The van der Waals surface area contributed by atoms with Crippen LogP contribution in [0.1, 0.15) is 30.5 Å². The first-order valence-corrected chi connectivity index (χ1v) is 7.53. The zero-order chi connectivity index (χ0) is 14.4. The van der Waals surface area contributed by atoms with E-state index in [2.05, 4.69) is 23.3 Å². The standard InChI is InChI=1S/C16H18Cl2N2/c1-2-16(13-5-6-14(17)15(18)10-13)20-9-7-12-4-3-8-19-11-12/h3-6,8,10-11,16,20H,2,7,9H2,1H3. The van der Waals surface area contributed by atoms with Crippen molar-refractivity contribution in [3.8, 4) is 0 Å². The van der Waals surface area contributed by atoms with Crippen LogP contribution in [0.5, 0.6) is 0 Å². The largest absolute Gasteiger partial charge is 0.310 e. The van der Waals surface area contributed by atoms with E-state index in [1.807, 2.05) is 30.5 Å². The van der Waals surface area contributed by atoms with Gasteiger partial charge in [-0.15, -0.1) is 0 Å². The summed E-state index contributed by atoms with van der Waals surface area (Å²) in [6.07, 6.45) is 5.67. The molecule has 2 rings (SSSR count). The van der Waals surface area contributed by atoms with E-state index in [4.69, 9.17) is 23.2 Å². The van der Waals surface area contributed by atoms with E-state index in [1.165, 1.54) is 11.1 Å². The molecule has 1 unspecified atom stereocenters. The van der Waals surface area contributed by atoms with Crippen LogP contribution in [-0.2, 0) is 6.42 Å². The third-order valence-corrected chi connectivity index (χ3v) is 4.02. The molecule has 2 nitrogen and oxygen atoms in total. The number of aromatic nitrogens is 1. The number of pyridine rings is 1. The van der Waals surface area contributed by atoms with E-state index >= 15 is 0 Å². The zero-order valence-corrected chi connectivity index (χ0v) is 13.0. The van der Waals surface area contributed by atoms with Crippen molar-refractivity contribution in [3.63, 3.8) is 0 Å². The van der Waals surface area contributed by atoms with Crippen molar-refractivity contribution in [2.45, 2.75) is 25.8 Å². The van der Waals surface area contributed by atoms with E-state index in [0.717, 1.165) is 19.4 Å². The fourth-order valence-electron chi connectivity index (χ4n) is 2.16. The van der Waals surface area contributed by atoms with Crippen molar-refractivity contribution >= 4 is 23.2 Å². The predicted octanol–water partition coefficient (Wildman–Crippen LogP) is 4.67. The predicted molar refractivity (Wildman–Crippen MR) is 85.4 cm³/mol. The summed E-state index contributed by atoms with van der Waals surface area (Å²) in [5, 5.41) is 4.76. The molecule has 0 aliphatic rings. The maximum Gasteiger partial charge on any atom is 0.0595 e. The molecule has 0 saturated carbocycles. The SMILES string of the molecule is CCC(NCCc1cccnc1)c1ccc(Cl)c(Cl)c1. The second-order valence-corrected chi connectivity index (χ2v) is 5.51. The van der Waals surface area contributed by atoms with Crippen molar-refractivity contribution < 1.29 is 0 Å². The molecule has 1 N–H and O–H groups in total. The zero-order valence-electron chi connectivity index (χ0n) is 11.4. The highest BCUT2D eigenvalue weighted by Crippen LogP contribution is 2.26. The van der Waals surface area contributed by atoms with Crippen molar-refractivity contribution in [2.24, 2.45) is 0 Å². The topological polar surface area (TPSA) is 24.9 Å². The fourth-order valence-corrected chi connectivity index (χ4v) is 2.47. The van der Waals surface area contributed by atoms with Crippen LogP contribution < -0.4 is 5.32 Å². The van der Waals surface area contributed by atoms with Gasteiger partial charge in [0.1, 0.15) is 0 Å². The molecule has 0 fully saturated rings. The van der Waals surface area contributed by atoms with Crippen LogP contribution in [0, 0.1) is 0 Å². The monoisotopic (exact) mass is 308 g/mol. The minimum Gasteiger partial charge on any atom is -0.310 e. The maximum atomic E-state index is 6.08. The lowest BCUT2D eigenvalue weighted by molar-refractivity contribution is 0.522. The summed E-state index contributed by atoms with van der Waals surface area (Å²) in [5.74, 6) is 0. The summed E-state index contributed by atoms with van der Waals surface area (Å²) in [7, 11) is 0. The molecule has 0 amide bonds. The molecule has 0 aliphatic heterocycles. The first kappa shape index (κ1) is 15.3. The van der Waals surface area contributed by atoms with Gasteiger partial charge in [-0.05, 0) is 48.7 Å². The number of rotatable bonds is 6. The Morgan fingerprint density at radius 3 is 2.70 bits per heavy atom. The Labute approximate surface area is 130 Å². The quantitative estimate of drug-likeness (QED) is 0.838. The van der Waals surface area contributed by atoms with E-state index in [9.17, 15) is 0 Å². The molecule has 106 valence electrons. The molecule has 1 aromatic carbocycles. The van der Waals surface area contributed by atoms with E-state index in [0.29, 0.717) is 16.1 Å². The highest BCUT2D eigenvalue weighted by Gasteiger charge is 2.10. The summed E-state index contributed by atoms with van der Waals surface area (Å²) < 4.78 is 0. The average molecular weight is 309 g/mol. The number of nitrogens with one attached hydrogen (secondary N) is 1. The Morgan fingerprint density at radius 1 is 1.20 bits per heavy atom. The Morgan fingerprint density at radius 2 is 2.05 bits per heavy atom. The van der Waals surface area contributed by atoms with Crippen LogP contribution in [0.2, 0.25) is 10.0 Å². The normalized spacial score (nSPS) is 12.3. The van der Waals surface area contributed by atoms with Gasteiger partial charge in [-0.3, -0.25) is 4.98 Å². The molecule has 1 atom stereocenters. The molecular formula is C16H18Cl2N2. The smallest absolute Gasteiger partial charge is 0.0595 e. The lowest BCUT2D eigenvalue weighted by Gasteiger charge is -2.18. The van der Waals surface area contributed by atoms with Crippen molar-refractivity contribution in [2.75, 3.05) is 6.54 Å². The van der Waals surface area contributed by atoms with Crippen molar-refractivity contribution in [1.29, 1.82) is 0 Å². The van der Waals surface area contributed by atoms with Crippen molar-refractivity contribution in [1.82, 2.24) is 10.3 Å². The Bertz CT molecular complexity index is 543. The van der Waals surface area contributed by atoms with Crippen LogP contribution in [0.4, 0.5) is 0 Å². The van der Waals surface area contributed by atoms with Crippen LogP contribution in [0.3, 0.4) is 0 Å². The molecule has 0 saturated heterocycles. The summed E-state index contributed by atoms with van der Waals surface area (Å²) in [6, 6.07) is 10.2. The van der Waals surface area contributed by atoms with Gasteiger partial charge in [0.25, 0.3) is 0 Å².